The highest BCUT2D eigenvalue weighted by atomic mass is 16.8. The maximum Gasteiger partial charge on any atom is 0.315 e. The number of ether oxygens (including phenoxy) is 4. The molecule has 0 aliphatic rings. The zero-order valence-electron chi connectivity index (χ0n) is 13.4. The van der Waals surface area contributed by atoms with Crippen LogP contribution in [-0.2, 0) is 9.47 Å². The summed E-state index contributed by atoms with van der Waals surface area (Å²) in [5, 5.41) is 0. The highest BCUT2D eigenvalue weighted by molar-refractivity contribution is 6.12. The minimum absolute atomic E-state index is 0.185. The van der Waals surface area contributed by atoms with Crippen molar-refractivity contribution in [3.8, 4) is 11.5 Å². The van der Waals surface area contributed by atoms with E-state index >= 15 is 0 Å². The SMILES string of the molecule is CCOc1cccc(OC(OC)OC)c1C(=O)c1ccccc1. The van der Waals surface area contributed by atoms with E-state index in [0.717, 1.165) is 0 Å². The lowest BCUT2D eigenvalue weighted by atomic mass is 10.0. The second-order valence-electron chi connectivity index (χ2n) is 4.64. The Kier molecular flexibility index (Phi) is 6.14. The van der Waals surface area contributed by atoms with Crippen LogP contribution < -0.4 is 9.47 Å². The lowest BCUT2D eigenvalue weighted by Crippen LogP contribution is -2.22. The fourth-order valence-corrected chi connectivity index (χ4v) is 2.14. The molecule has 0 amide bonds. The van der Waals surface area contributed by atoms with Crippen LogP contribution in [0, 0.1) is 0 Å². The highest BCUT2D eigenvalue weighted by Crippen LogP contribution is 2.32. The number of carbonyl (C=O) groups is 1. The van der Waals surface area contributed by atoms with E-state index in [4.69, 9.17) is 18.9 Å². The Balaban J connectivity index is 2.46. The molecule has 0 radical (unpaired) electrons. The van der Waals surface area contributed by atoms with Crippen molar-refractivity contribution in [2.75, 3.05) is 20.8 Å². The molecule has 0 spiro atoms. The van der Waals surface area contributed by atoms with Crippen LogP contribution in [0.2, 0.25) is 0 Å². The number of methoxy groups -OCH3 is 2. The Labute approximate surface area is 135 Å². The van der Waals surface area contributed by atoms with Crippen LogP contribution in [-0.4, -0.2) is 33.1 Å². The summed E-state index contributed by atoms with van der Waals surface area (Å²) < 4.78 is 21.3. The van der Waals surface area contributed by atoms with Crippen molar-refractivity contribution in [2.24, 2.45) is 0 Å². The maximum atomic E-state index is 12.9. The molecular weight excluding hydrogens is 296 g/mol. The van der Waals surface area contributed by atoms with Gasteiger partial charge in [-0.1, -0.05) is 36.4 Å². The zero-order chi connectivity index (χ0) is 16.7. The molecule has 5 heteroatoms. The number of hydrogen-bond donors (Lipinski definition) is 0. The van der Waals surface area contributed by atoms with E-state index in [0.29, 0.717) is 29.2 Å². The lowest BCUT2D eigenvalue weighted by Gasteiger charge is -2.19. The normalized spacial score (nSPS) is 10.6. The summed E-state index contributed by atoms with van der Waals surface area (Å²) in [4.78, 5) is 12.9. The number of hydrogen-bond acceptors (Lipinski definition) is 5. The maximum absolute atomic E-state index is 12.9. The van der Waals surface area contributed by atoms with Crippen LogP contribution >= 0.6 is 0 Å². The summed E-state index contributed by atoms with van der Waals surface area (Å²) >= 11 is 0. The predicted molar refractivity (Wildman–Crippen MR) is 85.9 cm³/mol. The Morgan fingerprint density at radius 3 is 2.22 bits per heavy atom. The summed E-state index contributed by atoms with van der Waals surface area (Å²) in [5.41, 5.74) is 0.899. The first-order valence-electron chi connectivity index (χ1n) is 7.29. The summed E-state index contributed by atoms with van der Waals surface area (Å²) in [6.45, 7) is 1.39. The minimum Gasteiger partial charge on any atom is -0.493 e. The molecule has 0 bridgehead atoms. The van der Waals surface area contributed by atoms with Crippen molar-refractivity contribution in [1.29, 1.82) is 0 Å². The third-order valence-corrected chi connectivity index (χ3v) is 3.16. The Hall–Kier alpha value is -2.37. The van der Waals surface area contributed by atoms with E-state index < -0.39 is 6.48 Å². The summed E-state index contributed by atoms with van der Waals surface area (Å²) in [5.74, 6) is 0.624. The van der Waals surface area contributed by atoms with Crippen LogP contribution in [0.3, 0.4) is 0 Å². The lowest BCUT2D eigenvalue weighted by molar-refractivity contribution is -0.219. The minimum atomic E-state index is -0.908. The molecule has 5 nitrogen and oxygen atoms in total. The van der Waals surface area contributed by atoms with E-state index in [2.05, 4.69) is 0 Å². The monoisotopic (exact) mass is 316 g/mol. The molecule has 2 aromatic rings. The van der Waals surface area contributed by atoms with Gasteiger partial charge in [0.1, 0.15) is 17.1 Å². The first kappa shape index (κ1) is 17.0. The molecule has 122 valence electrons. The van der Waals surface area contributed by atoms with Gasteiger partial charge in [0.05, 0.1) is 6.61 Å². The van der Waals surface area contributed by atoms with Crippen molar-refractivity contribution < 1.29 is 23.7 Å². The average molecular weight is 316 g/mol. The van der Waals surface area contributed by atoms with Gasteiger partial charge in [-0.05, 0) is 19.1 Å². The molecule has 2 aromatic carbocycles. The summed E-state index contributed by atoms with van der Waals surface area (Å²) in [7, 11) is 2.92. The van der Waals surface area contributed by atoms with E-state index in [9.17, 15) is 4.79 Å². The van der Waals surface area contributed by atoms with Gasteiger partial charge in [-0.15, -0.1) is 0 Å². The Morgan fingerprint density at radius 1 is 0.957 bits per heavy atom. The predicted octanol–water partition coefficient (Wildman–Crippen LogP) is 3.27. The van der Waals surface area contributed by atoms with Crippen molar-refractivity contribution in [3.05, 3.63) is 59.7 Å². The molecule has 0 aromatic heterocycles. The fraction of sp³-hybridized carbons (Fsp3) is 0.278. The Morgan fingerprint density at radius 2 is 1.61 bits per heavy atom. The molecule has 0 aliphatic carbocycles. The van der Waals surface area contributed by atoms with Gasteiger partial charge in [-0.3, -0.25) is 4.79 Å². The van der Waals surface area contributed by atoms with Crippen LogP contribution in [0.15, 0.2) is 48.5 Å². The van der Waals surface area contributed by atoms with E-state index in [1.165, 1.54) is 14.2 Å². The average Bonchev–Trinajstić information content (AvgIpc) is 2.60. The van der Waals surface area contributed by atoms with Crippen LogP contribution in [0.5, 0.6) is 11.5 Å². The van der Waals surface area contributed by atoms with Crippen molar-refractivity contribution in [3.63, 3.8) is 0 Å². The third kappa shape index (κ3) is 4.09. The number of benzene rings is 2. The zero-order valence-corrected chi connectivity index (χ0v) is 13.4. The van der Waals surface area contributed by atoms with Crippen LogP contribution in [0.1, 0.15) is 22.8 Å². The van der Waals surface area contributed by atoms with Crippen molar-refractivity contribution in [1.82, 2.24) is 0 Å². The molecule has 0 saturated carbocycles. The molecule has 0 unspecified atom stereocenters. The van der Waals surface area contributed by atoms with Gasteiger partial charge in [0.2, 0.25) is 5.78 Å². The molecule has 0 fully saturated rings. The van der Waals surface area contributed by atoms with Gasteiger partial charge in [0.15, 0.2) is 0 Å². The summed E-state index contributed by atoms with van der Waals surface area (Å²) in [6, 6.07) is 14.1. The first-order chi connectivity index (χ1) is 11.2. The first-order valence-corrected chi connectivity index (χ1v) is 7.29. The van der Waals surface area contributed by atoms with Gasteiger partial charge >= 0.3 is 6.48 Å². The van der Waals surface area contributed by atoms with E-state index in [-0.39, 0.29) is 5.78 Å². The molecule has 2 rings (SSSR count). The van der Waals surface area contributed by atoms with Crippen LogP contribution in [0.25, 0.3) is 0 Å². The fourth-order valence-electron chi connectivity index (χ4n) is 2.14. The van der Waals surface area contributed by atoms with Crippen molar-refractivity contribution >= 4 is 5.78 Å². The number of carbonyl (C=O) groups excluding carboxylic acids is 1. The topological polar surface area (TPSA) is 54.0 Å². The van der Waals surface area contributed by atoms with E-state index in [1.807, 2.05) is 25.1 Å². The Bertz CT molecular complexity index is 635. The van der Waals surface area contributed by atoms with Crippen molar-refractivity contribution in [2.45, 2.75) is 13.4 Å². The molecular formula is C18H20O5. The molecule has 0 aliphatic heterocycles. The van der Waals surface area contributed by atoms with E-state index in [1.54, 1.807) is 30.3 Å². The van der Waals surface area contributed by atoms with Gasteiger partial charge < -0.3 is 18.9 Å². The molecule has 0 heterocycles. The molecule has 23 heavy (non-hydrogen) atoms. The second kappa shape index (κ2) is 8.31. The van der Waals surface area contributed by atoms with Crippen LogP contribution in [0.4, 0.5) is 0 Å². The largest absolute Gasteiger partial charge is 0.493 e. The van der Waals surface area contributed by atoms with Gasteiger partial charge in [0.25, 0.3) is 0 Å². The molecule has 0 N–H and O–H groups in total. The standard InChI is InChI=1S/C18H20O5/c1-4-22-14-11-8-12-15(23-18(20-2)21-3)16(14)17(19)13-9-6-5-7-10-13/h5-12,18H,4H2,1-3H3. The smallest absolute Gasteiger partial charge is 0.315 e. The third-order valence-electron chi connectivity index (χ3n) is 3.16. The summed E-state index contributed by atoms with van der Waals surface area (Å²) in [6.07, 6.45) is 0. The molecule has 0 saturated heterocycles. The van der Waals surface area contributed by atoms with Gasteiger partial charge in [0, 0.05) is 19.8 Å². The second-order valence-corrected chi connectivity index (χ2v) is 4.64. The molecule has 0 atom stereocenters. The quantitative estimate of drug-likeness (QED) is 0.552. The number of rotatable bonds is 8. The van der Waals surface area contributed by atoms with Gasteiger partial charge in [-0.25, -0.2) is 0 Å². The number of ketones is 1. The highest BCUT2D eigenvalue weighted by Gasteiger charge is 2.22. The van der Waals surface area contributed by atoms with Gasteiger partial charge in [-0.2, -0.15) is 0 Å².